The molecule has 0 aliphatic carbocycles. The molecular weight excluding hydrogens is 147 g/mol. The van der Waals surface area contributed by atoms with Crippen LogP contribution in [0.2, 0.25) is 0 Å². The Bertz CT molecular complexity index is 133. The molecule has 0 saturated carbocycles. The lowest BCUT2D eigenvalue weighted by molar-refractivity contribution is -0.108. The lowest BCUT2D eigenvalue weighted by Crippen LogP contribution is -1.87. The molecule has 0 rings (SSSR count). The van der Waals surface area contributed by atoms with E-state index in [1.165, 1.54) is 0 Å². The molecule has 0 unspecified atom stereocenters. The number of halogens is 2. The van der Waals surface area contributed by atoms with E-state index in [0.29, 0.717) is 10.6 Å². The van der Waals surface area contributed by atoms with Crippen molar-refractivity contribution >= 4 is 28.4 Å². The SMILES string of the molecule is C/C(Cl)=C(\C)C(=O)Cl. The Kier molecular flexibility index (Phi) is 3.10. The maximum Gasteiger partial charge on any atom is 0.249 e. The summed E-state index contributed by atoms with van der Waals surface area (Å²) in [5.41, 5.74) is 0.410. The Hall–Kier alpha value is -0.0100. The van der Waals surface area contributed by atoms with Crippen molar-refractivity contribution in [3.63, 3.8) is 0 Å². The summed E-state index contributed by atoms with van der Waals surface area (Å²) in [7, 11) is 0. The molecule has 0 fully saturated rings. The molecule has 0 aliphatic rings. The van der Waals surface area contributed by atoms with Crippen LogP contribution < -0.4 is 0 Å². The highest BCUT2D eigenvalue weighted by molar-refractivity contribution is 6.68. The Balaban J connectivity index is 4.23. The van der Waals surface area contributed by atoms with Gasteiger partial charge >= 0.3 is 0 Å². The predicted octanol–water partition coefficient (Wildman–Crippen LogP) is 2.28. The van der Waals surface area contributed by atoms with Crippen LogP contribution in [0.1, 0.15) is 13.8 Å². The van der Waals surface area contributed by atoms with Crippen LogP contribution in [0.25, 0.3) is 0 Å². The van der Waals surface area contributed by atoms with Gasteiger partial charge in [0.05, 0.1) is 0 Å². The average molecular weight is 153 g/mol. The van der Waals surface area contributed by atoms with E-state index in [2.05, 4.69) is 0 Å². The van der Waals surface area contributed by atoms with Crippen molar-refractivity contribution in [2.75, 3.05) is 0 Å². The molecule has 0 aromatic heterocycles. The molecule has 46 valence electrons. The molecule has 8 heavy (non-hydrogen) atoms. The first-order valence-electron chi connectivity index (χ1n) is 2.08. The van der Waals surface area contributed by atoms with Crippen molar-refractivity contribution in [2.45, 2.75) is 13.8 Å². The molecule has 0 heterocycles. The molecule has 1 nitrogen and oxygen atoms in total. The molecule has 0 aromatic rings. The molecule has 0 spiro atoms. The third-order valence-electron chi connectivity index (χ3n) is 0.812. The summed E-state index contributed by atoms with van der Waals surface area (Å²) in [6, 6.07) is 0. The number of hydrogen-bond donors (Lipinski definition) is 0. The Morgan fingerprint density at radius 1 is 1.25 bits per heavy atom. The van der Waals surface area contributed by atoms with E-state index in [9.17, 15) is 4.79 Å². The maximum absolute atomic E-state index is 10.2. The van der Waals surface area contributed by atoms with Crippen LogP contribution in [-0.2, 0) is 4.79 Å². The second-order valence-corrected chi connectivity index (χ2v) is 2.34. The van der Waals surface area contributed by atoms with E-state index in [1.807, 2.05) is 0 Å². The van der Waals surface area contributed by atoms with Gasteiger partial charge in [-0.1, -0.05) is 11.6 Å². The molecule has 0 radical (unpaired) electrons. The lowest BCUT2D eigenvalue weighted by atomic mass is 10.3. The summed E-state index contributed by atoms with van der Waals surface area (Å²) in [5.74, 6) is 0. The van der Waals surface area contributed by atoms with Crippen molar-refractivity contribution in [3.8, 4) is 0 Å². The molecule has 0 saturated heterocycles. The van der Waals surface area contributed by atoms with Crippen LogP contribution >= 0.6 is 23.2 Å². The molecule has 0 N–H and O–H groups in total. The molecule has 0 aliphatic heterocycles. The largest absolute Gasteiger partial charge is 0.276 e. The van der Waals surface area contributed by atoms with Gasteiger partial charge in [-0.25, -0.2) is 0 Å². The number of carbonyl (C=O) groups is 1. The minimum atomic E-state index is -0.488. The second kappa shape index (κ2) is 3.10. The number of rotatable bonds is 1. The molecule has 0 amide bonds. The second-order valence-electron chi connectivity index (χ2n) is 1.43. The Morgan fingerprint density at radius 2 is 1.62 bits per heavy atom. The average Bonchev–Trinajstić information content (AvgIpc) is 1.64. The van der Waals surface area contributed by atoms with Gasteiger partial charge in [-0.2, -0.15) is 0 Å². The lowest BCUT2D eigenvalue weighted by Gasteiger charge is -1.89. The van der Waals surface area contributed by atoms with Crippen LogP contribution in [-0.4, -0.2) is 5.24 Å². The fourth-order valence-corrected chi connectivity index (χ4v) is 0.411. The Labute approximate surface area is 58.3 Å². The van der Waals surface area contributed by atoms with Crippen LogP contribution in [0.5, 0.6) is 0 Å². The first kappa shape index (κ1) is 7.99. The van der Waals surface area contributed by atoms with Gasteiger partial charge in [-0.05, 0) is 25.4 Å². The fourth-order valence-electron chi connectivity index (χ4n) is 0.135. The highest BCUT2D eigenvalue weighted by Gasteiger charge is 1.99. The molecule has 0 atom stereocenters. The third-order valence-corrected chi connectivity index (χ3v) is 1.38. The van der Waals surface area contributed by atoms with Gasteiger partial charge in [0.25, 0.3) is 0 Å². The molecule has 3 heteroatoms. The normalized spacial score (nSPS) is 13.0. The molecular formula is C5H6Cl2O. The Morgan fingerprint density at radius 3 is 1.62 bits per heavy atom. The molecule has 0 aromatic carbocycles. The van der Waals surface area contributed by atoms with Crippen molar-refractivity contribution in [1.82, 2.24) is 0 Å². The monoisotopic (exact) mass is 152 g/mol. The van der Waals surface area contributed by atoms with E-state index in [4.69, 9.17) is 23.2 Å². The van der Waals surface area contributed by atoms with Gasteiger partial charge in [-0.3, -0.25) is 4.79 Å². The smallest absolute Gasteiger partial charge is 0.249 e. The van der Waals surface area contributed by atoms with Crippen LogP contribution in [0.3, 0.4) is 0 Å². The molecule has 0 bridgehead atoms. The summed E-state index contributed by atoms with van der Waals surface area (Å²) in [6.45, 7) is 3.20. The van der Waals surface area contributed by atoms with Crippen molar-refractivity contribution in [3.05, 3.63) is 10.6 Å². The van der Waals surface area contributed by atoms with Crippen LogP contribution in [0, 0.1) is 0 Å². The minimum Gasteiger partial charge on any atom is -0.276 e. The van der Waals surface area contributed by atoms with Gasteiger partial charge in [0.2, 0.25) is 5.24 Å². The quantitative estimate of drug-likeness (QED) is 0.417. The van der Waals surface area contributed by atoms with E-state index in [-0.39, 0.29) is 0 Å². The van der Waals surface area contributed by atoms with Crippen molar-refractivity contribution in [2.24, 2.45) is 0 Å². The van der Waals surface area contributed by atoms with Crippen LogP contribution in [0.15, 0.2) is 10.6 Å². The number of allylic oxidation sites excluding steroid dienone is 2. The van der Waals surface area contributed by atoms with Gasteiger partial charge in [-0.15, -0.1) is 0 Å². The van der Waals surface area contributed by atoms with Crippen molar-refractivity contribution < 1.29 is 4.79 Å². The zero-order chi connectivity index (χ0) is 6.73. The standard InChI is InChI=1S/C5H6Cl2O/c1-3(4(2)6)5(7)8/h1-2H3/b4-3-. The highest BCUT2D eigenvalue weighted by Crippen LogP contribution is 2.09. The summed E-state index contributed by atoms with van der Waals surface area (Å²) in [6.07, 6.45) is 0. The number of hydrogen-bond acceptors (Lipinski definition) is 1. The van der Waals surface area contributed by atoms with Gasteiger partial charge in [0, 0.05) is 10.6 Å². The summed E-state index contributed by atoms with van der Waals surface area (Å²) in [4.78, 5) is 10.2. The third kappa shape index (κ3) is 2.34. The van der Waals surface area contributed by atoms with Crippen molar-refractivity contribution in [1.29, 1.82) is 0 Å². The fraction of sp³-hybridized carbons (Fsp3) is 0.400. The summed E-state index contributed by atoms with van der Waals surface area (Å²) < 4.78 is 0. The minimum absolute atomic E-state index is 0.410. The maximum atomic E-state index is 10.2. The van der Waals surface area contributed by atoms with E-state index >= 15 is 0 Å². The zero-order valence-corrected chi connectivity index (χ0v) is 6.18. The van der Waals surface area contributed by atoms with Crippen LogP contribution in [0.4, 0.5) is 0 Å². The number of carbonyl (C=O) groups excluding carboxylic acids is 1. The van der Waals surface area contributed by atoms with E-state index < -0.39 is 5.24 Å². The zero-order valence-electron chi connectivity index (χ0n) is 4.66. The first-order valence-corrected chi connectivity index (χ1v) is 2.84. The first-order chi connectivity index (χ1) is 3.55. The van der Waals surface area contributed by atoms with Gasteiger partial charge in [0.15, 0.2) is 0 Å². The highest BCUT2D eigenvalue weighted by atomic mass is 35.5. The predicted molar refractivity (Wildman–Crippen MR) is 35.1 cm³/mol. The van der Waals surface area contributed by atoms with E-state index in [1.54, 1.807) is 13.8 Å². The summed E-state index contributed by atoms with van der Waals surface area (Å²) in [5, 5.41) is -0.0394. The van der Waals surface area contributed by atoms with Gasteiger partial charge < -0.3 is 0 Å². The van der Waals surface area contributed by atoms with E-state index in [0.717, 1.165) is 0 Å². The summed E-state index contributed by atoms with van der Waals surface area (Å²) >= 11 is 10.4. The topological polar surface area (TPSA) is 17.1 Å². The van der Waals surface area contributed by atoms with Gasteiger partial charge in [0.1, 0.15) is 0 Å².